The van der Waals surface area contributed by atoms with Crippen LogP contribution in [0.4, 0.5) is 0 Å². The van der Waals surface area contributed by atoms with E-state index in [1.807, 2.05) is 0 Å². The second-order valence-electron chi connectivity index (χ2n) is 3.87. The molecule has 1 heterocycles. The lowest BCUT2D eigenvalue weighted by atomic mass is 9.95. The third kappa shape index (κ3) is 2.05. The lowest BCUT2D eigenvalue weighted by molar-refractivity contribution is -0.139. The molecule has 1 rings (SSSR count). The van der Waals surface area contributed by atoms with Crippen LogP contribution in [0.2, 0.25) is 0 Å². The zero-order valence-corrected chi connectivity index (χ0v) is 7.83. The minimum atomic E-state index is -0.643. The number of likely N-dealkylation sites (tertiary alicyclic amines) is 1. The molecule has 70 valence electrons. The summed E-state index contributed by atoms with van der Waals surface area (Å²) in [6.45, 7) is 3.64. The SMILES string of the molecule is CC(C)(C#N)CN1C(=O)CCC1=O. The number of imide groups is 1. The van der Waals surface area contributed by atoms with Crippen molar-refractivity contribution >= 4 is 11.8 Å². The number of carbonyl (C=O) groups excluding carboxylic acids is 2. The number of hydrogen-bond acceptors (Lipinski definition) is 3. The Labute approximate surface area is 77.1 Å². The first-order valence-corrected chi connectivity index (χ1v) is 4.21. The van der Waals surface area contributed by atoms with Crippen molar-refractivity contribution in [2.45, 2.75) is 26.7 Å². The molecule has 1 saturated heterocycles. The van der Waals surface area contributed by atoms with E-state index in [0.29, 0.717) is 12.8 Å². The summed E-state index contributed by atoms with van der Waals surface area (Å²) in [5.74, 6) is -0.318. The van der Waals surface area contributed by atoms with E-state index in [1.165, 1.54) is 4.90 Å². The van der Waals surface area contributed by atoms with Crippen molar-refractivity contribution in [3.8, 4) is 6.07 Å². The number of rotatable bonds is 2. The highest BCUT2D eigenvalue weighted by atomic mass is 16.2. The van der Waals surface area contributed by atoms with Gasteiger partial charge in [0.15, 0.2) is 0 Å². The van der Waals surface area contributed by atoms with Gasteiger partial charge in [0.1, 0.15) is 0 Å². The van der Waals surface area contributed by atoms with Crippen LogP contribution >= 0.6 is 0 Å². The predicted octanol–water partition coefficient (Wildman–Crippen LogP) is 0.685. The highest BCUT2D eigenvalue weighted by Gasteiger charge is 2.33. The highest BCUT2D eigenvalue weighted by molar-refractivity contribution is 6.01. The van der Waals surface area contributed by atoms with E-state index in [1.54, 1.807) is 13.8 Å². The molecule has 0 saturated carbocycles. The van der Waals surface area contributed by atoms with Gasteiger partial charge in [-0.3, -0.25) is 14.5 Å². The Bertz CT molecular complexity index is 272. The van der Waals surface area contributed by atoms with Crippen LogP contribution in [-0.4, -0.2) is 23.3 Å². The van der Waals surface area contributed by atoms with Crippen molar-refractivity contribution in [3.63, 3.8) is 0 Å². The van der Waals surface area contributed by atoms with Gasteiger partial charge < -0.3 is 0 Å². The lowest BCUT2D eigenvalue weighted by Crippen LogP contribution is -2.37. The summed E-state index contributed by atoms with van der Waals surface area (Å²) in [5, 5.41) is 8.73. The maximum atomic E-state index is 11.2. The van der Waals surface area contributed by atoms with E-state index < -0.39 is 5.41 Å². The van der Waals surface area contributed by atoms with Gasteiger partial charge in [-0.05, 0) is 13.8 Å². The lowest BCUT2D eigenvalue weighted by Gasteiger charge is -2.22. The van der Waals surface area contributed by atoms with Gasteiger partial charge in [-0.2, -0.15) is 5.26 Å². The van der Waals surface area contributed by atoms with Gasteiger partial charge in [-0.15, -0.1) is 0 Å². The average molecular weight is 180 g/mol. The van der Waals surface area contributed by atoms with E-state index >= 15 is 0 Å². The van der Waals surface area contributed by atoms with Crippen LogP contribution in [0.3, 0.4) is 0 Å². The van der Waals surface area contributed by atoms with Crippen LogP contribution in [0, 0.1) is 16.7 Å². The van der Waals surface area contributed by atoms with Gasteiger partial charge >= 0.3 is 0 Å². The van der Waals surface area contributed by atoms with Crippen molar-refractivity contribution in [1.82, 2.24) is 4.90 Å². The molecule has 2 amide bonds. The first-order valence-electron chi connectivity index (χ1n) is 4.21. The Morgan fingerprint density at radius 3 is 2.23 bits per heavy atom. The Morgan fingerprint density at radius 1 is 1.38 bits per heavy atom. The molecule has 4 heteroatoms. The number of nitrogens with zero attached hydrogens (tertiary/aromatic N) is 2. The van der Waals surface area contributed by atoms with Crippen LogP contribution in [0.25, 0.3) is 0 Å². The number of nitriles is 1. The highest BCUT2D eigenvalue weighted by Crippen LogP contribution is 2.20. The summed E-state index contributed by atoms with van der Waals surface area (Å²) < 4.78 is 0. The molecular weight excluding hydrogens is 168 g/mol. The molecule has 0 N–H and O–H groups in total. The molecule has 1 fully saturated rings. The van der Waals surface area contributed by atoms with Crippen molar-refractivity contribution in [2.75, 3.05) is 6.54 Å². The van der Waals surface area contributed by atoms with Crippen molar-refractivity contribution < 1.29 is 9.59 Å². The minimum absolute atomic E-state index is 0.159. The van der Waals surface area contributed by atoms with Crippen LogP contribution in [0.15, 0.2) is 0 Å². The fraction of sp³-hybridized carbons (Fsp3) is 0.667. The van der Waals surface area contributed by atoms with Crippen molar-refractivity contribution in [2.24, 2.45) is 5.41 Å². The maximum Gasteiger partial charge on any atom is 0.229 e. The molecule has 0 aromatic rings. The van der Waals surface area contributed by atoms with Crippen LogP contribution in [0.1, 0.15) is 26.7 Å². The molecule has 13 heavy (non-hydrogen) atoms. The average Bonchev–Trinajstić information content (AvgIpc) is 2.36. The fourth-order valence-corrected chi connectivity index (χ4v) is 1.23. The minimum Gasteiger partial charge on any atom is -0.281 e. The Morgan fingerprint density at radius 2 is 1.85 bits per heavy atom. The van der Waals surface area contributed by atoms with E-state index in [4.69, 9.17) is 5.26 Å². The summed E-state index contributed by atoms with van der Waals surface area (Å²) in [7, 11) is 0. The quantitative estimate of drug-likeness (QED) is 0.587. The fourth-order valence-electron chi connectivity index (χ4n) is 1.23. The third-order valence-corrected chi connectivity index (χ3v) is 2.01. The molecule has 0 aliphatic carbocycles. The Kier molecular flexibility index (Phi) is 2.37. The van der Waals surface area contributed by atoms with E-state index in [-0.39, 0.29) is 18.4 Å². The summed E-state index contributed by atoms with van der Waals surface area (Å²) in [6.07, 6.45) is 0.584. The first-order chi connectivity index (χ1) is 5.96. The smallest absolute Gasteiger partial charge is 0.229 e. The molecule has 1 aliphatic rings. The second-order valence-corrected chi connectivity index (χ2v) is 3.87. The van der Waals surface area contributed by atoms with Gasteiger partial charge in [-0.25, -0.2) is 0 Å². The molecule has 0 bridgehead atoms. The molecule has 4 nitrogen and oxygen atoms in total. The Balaban J connectivity index is 2.69. The van der Waals surface area contributed by atoms with E-state index in [0.717, 1.165) is 0 Å². The van der Waals surface area contributed by atoms with Gasteiger partial charge in [0.05, 0.1) is 11.5 Å². The molecular formula is C9H12N2O2. The monoisotopic (exact) mass is 180 g/mol. The zero-order chi connectivity index (χ0) is 10.1. The third-order valence-electron chi connectivity index (χ3n) is 2.01. The van der Waals surface area contributed by atoms with Crippen LogP contribution in [0.5, 0.6) is 0 Å². The van der Waals surface area contributed by atoms with Crippen molar-refractivity contribution in [1.29, 1.82) is 5.26 Å². The molecule has 0 spiro atoms. The van der Waals surface area contributed by atoms with Gasteiger partial charge in [-0.1, -0.05) is 0 Å². The van der Waals surface area contributed by atoms with Crippen LogP contribution < -0.4 is 0 Å². The molecule has 0 aromatic heterocycles. The first kappa shape index (κ1) is 9.72. The maximum absolute atomic E-state index is 11.2. The molecule has 0 aromatic carbocycles. The van der Waals surface area contributed by atoms with Crippen molar-refractivity contribution in [3.05, 3.63) is 0 Å². The summed E-state index contributed by atoms with van der Waals surface area (Å²) in [4.78, 5) is 23.5. The largest absolute Gasteiger partial charge is 0.281 e. The zero-order valence-electron chi connectivity index (χ0n) is 7.83. The number of amides is 2. The summed E-state index contributed by atoms with van der Waals surface area (Å²) in [6, 6.07) is 2.06. The normalized spacial score (nSPS) is 17.8. The summed E-state index contributed by atoms with van der Waals surface area (Å²) >= 11 is 0. The van der Waals surface area contributed by atoms with Crippen LogP contribution in [-0.2, 0) is 9.59 Å². The number of hydrogen-bond donors (Lipinski definition) is 0. The van der Waals surface area contributed by atoms with Gasteiger partial charge in [0.25, 0.3) is 0 Å². The predicted molar refractivity (Wildman–Crippen MR) is 45.3 cm³/mol. The van der Waals surface area contributed by atoms with Gasteiger partial charge in [0.2, 0.25) is 11.8 Å². The molecule has 0 unspecified atom stereocenters. The van der Waals surface area contributed by atoms with Gasteiger partial charge in [0, 0.05) is 19.4 Å². The van der Waals surface area contributed by atoms with E-state index in [9.17, 15) is 9.59 Å². The molecule has 0 radical (unpaired) electrons. The van der Waals surface area contributed by atoms with E-state index in [2.05, 4.69) is 6.07 Å². The standard InChI is InChI=1S/C9H12N2O2/c1-9(2,5-10)6-11-7(12)3-4-8(11)13/h3-4,6H2,1-2H3. The topological polar surface area (TPSA) is 61.2 Å². The molecule has 0 atom stereocenters. The Hall–Kier alpha value is -1.37. The molecule has 1 aliphatic heterocycles. The second kappa shape index (κ2) is 3.17. The summed E-state index contributed by atoms with van der Waals surface area (Å²) in [5.41, 5.74) is -0.643. The number of carbonyl (C=O) groups is 2.